The van der Waals surface area contributed by atoms with Gasteiger partial charge in [0.25, 0.3) is 5.91 Å². The van der Waals surface area contributed by atoms with Crippen LogP contribution in [0.2, 0.25) is 0 Å². The van der Waals surface area contributed by atoms with Gasteiger partial charge >= 0.3 is 0 Å². The van der Waals surface area contributed by atoms with E-state index in [1.807, 2.05) is 0 Å². The van der Waals surface area contributed by atoms with Crippen LogP contribution in [0.1, 0.15) is 17.3 Å². The lowest BCUT2D eigenvalue weighted by molar-refractivity contribution is -0.115. The second-order valence-corrected chi connectivity index (χ2v) is 8.69. The highest BCUT2D eigenvalue weighted by Gasteiger charge is 2.21. The van der Waals surface area contributed by atoms with Crippen LogP contribution in [0, 0.1) is 0 Å². The normalized spacial score (nSPS) is 15.8. The summed E-state index contributed by atoms with van der Waals surface area (Å²) >= 11 is 4.06. The average Bonchev–Trinajstić information content (AvgIpc) is 3.25. The van der Waals surface area contributed by atoms with Gasteiger partial charge in [-0.25, -0.2) is 0 Å². The van der Waals surface area contributed by atoms with Gasteiger partial charge in [-0.05, 0) is 18.4 Å². The maximum atomic E-state index is 12.4. The van der Waals surface area contributed by atoms with Gasteiger partial charge in [0, 0.05) is 13.1 Å². The van der Waals surface area contributed by atoms with E-state index >= 15 is 0 Å². The number of hydrogen-bond donors (Lipinski definition) is 2. The Morgan fingerprint density at radius 2 is 2.16 bits per heavy atom. The summed E-state index contributed by atoms with van der Waals surface area (Å²) in [5.74, 6) is -0.769. The molecule has 3 N–H and O–H groups in total. The molecule has 3 rings (SSSR count). The fraction of sp³-hybridized carbons (Fsp3) is 0.429. The number of thioether (sulfide) groups is 1. The number of nitrogens with two attached hydrogens (primary N) is 1. The van der Waals surface area contributed by atoms with Crippen molar-refractivity contribution < 1.29 is 14.3 Å². The van der Waals surface area contributed by atoms with Crippen molar-refractivity contribution in [1.82, 2.24) is 10.2 Å². The zero-order chi connectivity index (χ0) is 17.8. The predicted octanol–water partition coefficient (Wildman–Crippen LogP) is 1.65. The number of primary amides is 1. The number of hydrogen-bond acceptors (Lipinski definition) is 9. The molecule has 0 aliphatic carbocycles. The number of amides is 2. The first-order valence-electron chi connectivity index (χ1n) is 7.55. The number of rotatable bonds is 6. The fourth-order valence-corrected chi connectivity index (χ4v) is 4.98. The third-order valence-electron chi connectivity index (χ3n) is 3.49. The van der Waals surface area contributed by atoms with E-state index in [1.165, 1.54) is 34.4 Å². The molecule has 1 atom stereocenters. The molecular weight excluding hydrogens is 382 g/mol. The number of nitrogens with zero attached hydrogens (tertiary/aromatic N) is 3. The zero-order valence-electron chi connectivity index (χ0n) is 13.4. The molecule has 2 amide bonds. The predicted molar refractivity (Wildman–Crippen MR) is 99.7 cm³/mol. The van der Waals surface area contributed by atoms with Gasteiger partial charge in [0.05, 0.1) is 24.0 Å². The molecule has 0 radical (unpaired) electrons. The molecule has 3 heterocycles. The maximum Gasteiger partial charge on any atom is 0.251 e. The summed E-state index contributed by atoms with van der Waals surface area (Å²) in [5, 5.41) is 13.7. The number of nitrogens with one attached hydrogen (secondary N) is 1. The second kappa shape index (κ2) is 8.13. The van der Waals surface area contributed by atoms with E-state index in [1.54, 1.807) is 18.4 Å². The van der Waals surface area contributed by atoms with Crippen molar-refractivity contribution >= 4 is 56.4 Å². The number of carbonyl (C=O) groups excluding carboxylic acids is 2. The van der Waals surface area contributed by atoms with Gasteiger partial charge in [-0.1, -0.05) is 23.1 Å². The van der Waals surface area contributed by atoms with E-state index < -0.39 is 5.91 Å². The van der Waals surface area contributed by atoms with Gasteiger partial charge in [-0.2, -0.15) is 0 Å². The number of carbonyl (C=O) groups is 2. The lowest BCUT2D eigenvalue weighted by atomic mass is 10.3. The summed E-state index contributed by atoms with van der Waals surface area (Å²) < 4.78 is 6.05. The number of aromatic nitrogens is 2. The summed E-state index contributed by atoms with van der Waals surface area (Å²) in [4.78, 5) is 25.8. The molecule has 1 aliphatic heterocycles. The maximum absolute atomic E-state index is 12.4. The Balaban J connectivity index is 1.59. The molecule has 2 aromatic heterocycles. The quantitative estimate of drug-likeness (QED) is 0.711. The molecule has 8 nitrogen and oxygen atoms in total. The second-order valence-electron chi connectivity index (χ2n) is 5.23. The molecule has 25 heavy (non-hydrogen) atoms. The molecule has 134 valence electrons. The highest BCUT2D eigenvalue weighted by molar-refractivity contribution is 8.02. The third kappa shape index (κ3) is 4.48. The van der Waals surface area contributed by atoms with Crippen molar-refractivity contribution in [3.8, 4) is 0 Å². The van der Waals surface area contributed by atoms with Crippen LogP contribution in [0.3, 0.4) is 0 Å². The smallest absolute Gasteiger partial charge is 0.251 e. The first-order chi connectivity index (χ1) is 12.0. The van der Waals surface area contributed by atoms with Crippen molar-refractivity contribution in [2.45, 2.75) is 16.5 Å². The Kier molecular flexibility index (Phi) is 5.89. The first kappa shape index (κ1) is 18.1. The topological polar surface area (TPSA) is 110 Å². The van der Waals surface area contributed by atoms with Crippen LogP contribution in [-0.4, -0.2) is 53.6 Å². The molecule has 1 aliphatic rings. The van der Waals surface area contributed by atoms with Gasteiger partial charge in [0.15, 0.2) is 4.34 Å². The Labute approximate surface area is 156 Å². The molecule has 0 aromatic carbocycles. The minimum atomic E-state index is -0.559. The molecule has 1 unspecified atom stereocenters. The van der Waals surface area contributed by atoms with Crippen LogP contribution < -0.4 is 16.0 Å². The van der Waals surface area contributed by atoms with E-state index in [0.29, 0.717) is 23.8 Å². The van der Waals surface area contributed by atoms with Crippen molar-refractivity contribution in [1.29, 1.82) is 0 Å². The highest BCUT2D eigenvalue weighted by Crippen LogP contribution is 2.32. The molecule has 0 bridgehead atoms. The summed E-state index contributed by atoms with van der Waals surface area (Å²) in [6.45, 7) is 4.74. The zero-order valence-corrected chi connectivity index (χ0v) is 15.9. The Hall–Kier alpha value is -1.69. The van der Waals surface area contributed by atoms with Gasteiger partial charge in [0.2, 0.25) is 11.0 Å². The molecule has 1 fully saturated rings. The van der Waals surface area contributed by atoms with Gasteiger partial charge < -0.3 is 20.7 Å². The SMILES string of the molecule is CC(Sc1nnc(N2CCOCC2)s1)C(=O)Nc1sccc1C(N)=O. The summed E-state index contributed by atoms with van der Waals surface area (Å²) in [7, 11) is 0. The Morgan fingerprint density at radius 1 is 1.40 bits per heavy atom. The van der Waals surface area contributed by atoms with Crippen LogP contribution in [0.5, 0.6) is 0 Å². The van der Waals surface area contributed by atoms with Gasteiger partial charge in [-0.3, -0.25) is 9.59 Å². The number of thiophene rings is 1. The van der Waals surface area contributed by atoms with Crippen molar-refractivity contribution in [3.05, 3.63) is 17.0 Å². The standard InChI is InChI=1S/C14H17N5O3S3/c1-8(11(21)16-12-9(10(15)20)2-7-23-12)24-14-18-17-13(25-14)19-3-5-22-6-4-19/h2,7-8H,3-6H2,1H3,(H2,15,20)(H,16,21). The lowest BCUT2D eigenvalue weighted by Crippen LogP contribution is -2.36. The monoisotopic (exact) mass is 399 g/mol. The van der Waals surface area contributed by atoms with Gasteiger partial charge in [-0.15, -0.1) is 21.5 Å². The van der Waals surface area contributed by atoms with Crippen LogP contribution in [0.25, 0.3) is 0 Å². The molecular formula is C14H17N5O3S3. The third-order valence-corrected chi connectivity index (χ3v) is 6.49. The van der Waals surface area contributed by atoms with E-state index in [9.17, 15) is 9.59 Å². The summed E-state index contributed by atoms with van der Waals surface area (Å²) in [6.07, 6.45) is 0. The van der Waals surface area contributed by atoms with Crippen molar-refractivity contribution in [2.24, 2.45) is 5.73 Å². The van der Waals surface area contributed by atoms with E-state index in [4.69, 9.17) is 10.5 Å². The van der Waals surface area contributed by atoms with Crippen LogP contribution >= 0.6 is 34.4 Å². The Morgan fingerprint density at radius 3 is 2.88 bits per heavy atom. The van der Waals surface area contributed by atoms with Crippen LogP contribution in [0.15, 0.2) is 15.8 Å². The molecule has 0 spiro atoms. The van der Waals surface area contributed by atoms with Crippen molar-refractivity contribution in [2.75, 3.05) is 36.5 Å². The fourth-order valence-electron chi connectivity index (χ4n) is 2.15. The summed E-state index contributed by atoms with van der Waals surface area (Å²) in [5.41, 5.74) is 5.61. The van der Waals surface area contributed by atoms with Crippen molar-refractivity contribution in [3.63, 3.8) is 0 Å². The molecule has 11 heteroatoms. The lowest BCUT2D eigenvalue weighted by Gasteiger charge is -2.25. The van der Waals surface area contributed by atoms with E-state index in [2.05, 4.69) is 20.4 Å². The molecule has 1 saturated heterocycles. The number of ether oxygens (including phenoxy) is 1. The van der Waals surface area contributed by atoms with E-state index in [-0.39, 0.29) is 11.2 Å². The first-order valence-corrected chi connectivity index (χ1v) is 10.1. The molecule has 2 aromatic rings. The number of anilines is 2. The van der Waals surface area contributed by atoms with Gasteiger partial charge in [0.1, 0.15) is 5.00 Å². The highest BCUT2D eigenvalue weighted by atomic mass is 32.2. The van der Waals surface area contributed by atoms with Crippen LogP contribution in [0.4, 0.5) is 10.1 Å². The van der Waals surface area contributed by atoms with E-state index in [0.717, 1.165) is 22.6 Å². The summed E-state index contributed by atoms with van der Waals surface area (Å²) in [6, 6.07) is 1.60. The minimum Gasteiger partial charge on any atom is -0.378 e. The molecule has 0 saturated carbocycles. The Bertz CT molecular complexity index is 756. The van der Waals surface area contributed by atoms with Crippen LogP contribution in [-0.2, 0) is 9.53 Å². The largest absolute Gasteiger partial charge is 0.378 e. The average molecular weight is 400 g/mol. The number of morpholine rings is 1. The minimum absolute atomic E-state index is 0.210.